The van der Waals surface area contributed by atoms with Gasteiger partial charge in [-0.3, -0.25) is 4.39 Å². The minimum absolute atomic E-state index is 0.0733. The van der Waals surface area contributed by atoms with E-state index in [-0.39, 0.29) is 53.6 Å². The molecule has 4 heteroatoms. The molecule has 0 radical (unpaired) electrons. The maximum atomic E-state index is 13.2. The van der Waals surface area contributed by atoms with Gasteiger partial charge in [0, 0.05) is 0 Å². The van der Waals surface area contributed by atoms with Gasteiger partial charge in [-0.05, 0) is 103 Å². The predicted molar refractivity (Wildman–Crippen MR) is 122 cm³/mol. The van der Waals surface area contributed by atoms with E-state index in [1.807, 2.05) is 6.92 Å². The molecule has 31 heavy (non-hydrogen) atoms. The highest BCUT2D eigenvalue weighted by Gasteiger charge is 2.67. The molecule has 3 nitrogen and oxygen atoms in total. The number of hydrogen-bond acceptors (Lipinski definition) is 3. The number of halogens is 1. The lowest BCUT2D eigenvalue weighted by Crippen LogP contribution is -2.65. The van der Waals surface area contributed by atoms with Crippen molar-refractivity contribution in [3.05, 3.63) is 0 Å². The van der Waals surface area contributed by atoms with Crippen LogP contribution in [0.2, 0.25) is 0 Å². The smallest absolute Gasteiger partial charge is 0.0920 e. The lowest BCUT2D eigenvalue weighted by Gasteiger charge is -2.65. The fourth-order valence-corrected chi connectivity index (χ4v) is 9.75. The van der Waals surface area contributed by atoms with E-state index in [2.05, 4.69) is 27.7 Å². The Bertz CT molecular complexity index is 642. The van der Waals surface area contributed by atoms with Crippen LogP contribution < -0.4 is 0 Å². The van der Waals surface area contributed by atoms with Gasteiger partial charge < -0.3 is 15.3 Å². The Balaban J connectivity index is 1.67. The van der Waals surface area contributed by atoms with Gasteiger partial charge in [0.25, 0.3) is 0 Å². The summed E-state index contributed by atoms with van der Waals surface area (Å²) >= 11 is 0. The van der Waals surface area contributed by atoms with Crippen LogP contribution in [0.15, 0.2) is 0 Å². The van der Waals surface area contributed by atoms with E-state index in [4.69, 9.17) is 0 Å². The molecule has 4 rings (SSSR count). The monoisotopic (exact) mass is 438 g/mol. The molecule has 0 saturated heterocycles. The summed E-state index contributed by atoms with van der Waals surface area (Å²) in [7, 11) is 0. The summed E-state index contributed by atoms with van der Waals surface area (Å²) in [5.74, 6) is 2.35. The third-order valence-corrected chi connectivity index (χ3v) is 11.3. The highest BCUT2D eigenvalue weighted by molar-refractivity contribution is 5.15. The summed E-state index contributed by atoms with van der Waals surface area (Å²) in [6.07, 6.45) is 6.48. The van der Waals surface area contributed by atoms with E-state index in [1.54, 1.807) is 0 Å². The van der Waals surface area contributed by atoms with Crippen LogP contribution in [-0.4, -0.2) is 40.3 Å². The van der Waals surface area contributed by atoms with Crippen LogP contribution in [0.25, 0.3) is 0 Å². The van der Waals surface area contributed by atoms with E-state index in [0.717, 1.165) is 51.4 Å². The van der Waals surface area contributed by atoms with Gasteiger partial charge >= 0.3 is 0 Å². The Morgan fingerprint density at radius 2 is 1.68 bits per heavy atom. The third kappa shape index (κ3) is 3.53. The van der Waals surface area contributed by atoms with E-state index < -0.39 is 0 Å². The molecule has 0 bridgehead atoms. The number of hydrogen-bond donors (Lipinski definition) is 3. The molecule has 4 aliphatic rings. The summed E-state index contributed by atoms with van der Waals surface area (Å²) in [6.45, 7) is 10.9. The molecule has 0 heterocycles. The predicted octanol–water partition coefficient (Wildman–Crippen LogP) is 5.22. The van der Waals surface area contributed by atoms with Gasteiger partial charge in [0.05, 0.1) is 25.0 Å². The van der Waals surface area contributed by atoms with E-state index in [9.17, 15) is 19.7 Å². The zero-order chi connectivity index (χ0) is 22.7. The van der Waals surface area contributed by atoms with Crippen LogP contribution in [0.4, 0.5) is 4.39 Å². The number of aliphatic hydroxyl groups is 3. The quantitative estimate of drug-likeness (QED) is 0.552. The minimum Gasteiger partial charge on any atom is -0.393 e. The summed E-state index contributed by atoms with van der Waals surface area (Å²) in [6, 6.07) is 0. The molecular weight excluding hydrogens is 391 g/mol. The molecule has 13 atom stereocenters. The maximum Gasteiger partial charge on any atom is 0.0920 e. The van der Waals surface area contributed by atoms with Crippen molar-refractivity contribution >= 4 is 0 Å². The number of rotatable bonds is 5. The molecule has 0 spiro atoms. The fraction of sp³-hybridized carbons (Fsp3) is 1.00. The zero-order valence-corrected chi connectivity index (χ0v) is 20.4. The Hall–Kier alpha value is -0.190. The first-order valence-corrected chi connectivity index (χ1v) is 13.2. The summed E-state index contributed by atoms with van der Waals surface area (Å²) in [4.78, 5) is 0. The van der Waals surface area contributed by atoms with Gasteiger partial charge in [-0.25, -0.2) is 0 Å². The SMILES string of the molecule is CC[C@H]1C(O)C2C3CC[C@H]([C@H](C)C[C@@H](C)CF)[C@@]3(C)[C@@H](O)CC2[C@@]2(C)CC[C@@H](O)C[C@@H]12. The van der Waals surface area contributed by atoms with Crippen LogP contribution in [0.1, 0.15) is 86.0 Å². The van der Waals surface area contributed by atoms with Crippen LogP contribution in [0.5, 0.6) is 0 Å². The van der Waals surface area contributed by atoms with Gasteiger partial charge in [0.2, 0.25) is 0 Å². The normalized spacial score (nSPS) is 53.9. The largest absolute Gasteiger partial charge is 0.393 e. The Kier molecular flexibility index (Phi) is 6.60. The van der Waals surface area contributed by atoms with Crippen molar-refractivity contribution in [1.29, 1.82) is 0 Å². The second-order valence-corrected chi connectivity index (χ2v) is 12.7. The minimum atomic E-state index is -0.357. The molecule has 4 fully saturated rings. The van der Waals surface area contributed by atoms with Gasteiger partial charge in [0.1, 0.15) is 0 Å². The molecule has 180 valence electrons. The van der Waals surface area contributed by atoms with E-state index in [0.29, 0.717) is 29.6 Å². The summed E-state index contributed by atoms with van der Waals surface area (Å²) < 4.78 is 13.2. The molecule has 4 aliphatic carbocycles. The maximum absolute atomic E-state index is 13.2. The number of fused-ring (bicyclic) bond motifs is 5. The average molecular weight is 439 g/mol. The van der Waals surface area contributed by atoms with Crippen molar-refractivity contribution in [2.24, 2.45) is 58.2 Å². The lowest BCUT2D eigenvalue weighted by atomic mass is 9.41. The van der Waals surface area contributed by atoms with Crippen molar-refractivity contribution in [2.45, 2.75) is 104 Å². The summed E-state index contributed by atoms with van der Waals surface area (Å²) in [5, 5.41) is 33.8. The van der Waals surface area contributed by atoms with Crippen molar-refractivity contribution < 1.29 is 19.7 Å². The molecule has 4 saturated carbocycles. The van der Waals surface area contributed by atoms with Crippen LogP contribution in [0.3, 0.4) is 0 Å². The molecular formula is C27H47FO3. The zero-order valence-electron chi connectivity index (χ0n) is 20.4. The molecule has 0 aromatic heterocycles. The Labute approximate surface area is 189 Å². The molecule has 4 unspecified atom stereocenters. The summed E-state index contributed by atoms with van der Waals surface area (Å²) in [5.41, 5.74) is -0.0914. The Morgan fingerprint density at radius 1 is 0.968 bits per heavy atom. The van der Waals surface area contributed by atoms with Crippen LogP contribution in [0, 0.1) is 58.2 Å². The number of alkyl halides is 1. The molecule has 0 aromatic rings. The van der Waals surface area contributed by atoms with Crippen LogP contribution >= 0.6 is 0 Å². The van der Waals surface area contributed by atoms with Gasteiger partial charge in [0.15, 0.2) is 0 Å². The van der Waals surface area contributed by atoms with Gasteiger partial charge in [-0.1, -0.05) is 41.0 Å². The lowest BCUT2D eigenvalue weighted by molar-refractivity contribution is -0.228. The van der Waals surface area contributed by atoms with Crippen molar-refractivity contribution in [2.75, 3.05) is 6.67 Å². The van der Waals surface area contributed by atoms with Crippen molar-refractivity contribution in [3.8, 4) is 0 Å². The first kappa shape index (κ1) is 24.0. The van der Waals surface area contributed by atoms with Gasteiger partial charge in [-0.2, -0.15) is 0 Å². The average Bonchev–Trinajstić information content (AvgIpc) is 3.09. The first-order valence-electron chi connectivity index (χ1n) is 13.2. The van der Waals surface area contributed by atoms with E-state index in [1.165, 1.54) is 0 Å². The molecule has 0 amide bonds. The van der Waals surface area contributed by atoms with Crippen molar-refractivity contribution in [3.63, 3.8) is 0 Å². The topological polar surface area (TPSA) is 60.7 Å². The number of aliphatic hydroxyl groups excluding tert-OH is 3. The van der Waals surface area contributed by atoms with Crippen LogP contribution in [-0.2, 0) is 0 Å². The second-order valence-electron chi connectivity index (χ2n) is 12.7. The molecule has 0 aromatic carbocycles. The highest BCUT2D eigenvalue weighted by Crippen LogP contribution is 2.69. The van der Waals surface area contributed by atoms with Crippen molar-refractivity contribution in [1.82, 2.24) is 0 Å². The van der Waals surface area contributed by atoms with E-state index >= 15 is 0 Å². The fourth-order valence-electron chi connectivity index (χ4n) is 9.75. The standard InChI is InChI=1S/C27H47FO3/c1-6-18-21-12-17(29)9-10-26(21,4)22-13-23(30)27(5)19(16(3)11-15(2)14-28)7-8-20(27)24(22)25(18)31/h15-25,29-31H,6-14H2,1-5H3/t15-,16-,17-,18-,19-,20?,21+,22?,23+,24?,25?,26+,27-/m1/s1. The first-order chi connectivity index (χ1) is 14.6. The Morgan fingerprint density at radius 3 is 2.32 bits per heavy atom. The second kappa shape index (κ2) is 8.55. The molecule has 3 N–H and O–H groups in total. The highest BCUT2D eigenvalue weighted by atomic mass is 19.1. The molecule has 0 aliphatic heterocycles. The third-order valence-electron chi connectivity index (χ3n) is 11.3. The van der Waals surface area contributed by atoms with Gasteiger partial charge in [-0.15, -0.1) is 0 Å².